The number of benzene rings is 1. The summed E-state index contributed by atoms with van der Waals surface area (Å²) >= 11 is 0. The molecule has 0 saturated heterocycles. The topological polar surface area (TPSA) is 128 Å². The summed E-state index contributed by atoms with van der Waals surface area (Å²) in [4.78, 5) is 26.2. The highest BCUT2D eigenvalue weighted by Crippen LogP contribution is 2.69. The van der Waals surface area contributed by atoms with Gasteiger partial charge in [0.15, 0.2) is 5.78 Å². The predicted molar refractivity (Wildman–Crippen MR) is 247 cm³/mol. The fourth-order valence-corrected chi connectivity index (χ4v) is 17.0. The zero-order chi connectivity index (χ0) is 45.7. The minimum absolute atomic E-state index is 0.00641. The monoisotopic (exact) mass is 882 g/mol. The highest BCUT2D eigenvalue weighted by Gasteiger charge is 2.66. The average Bonchev–Trinajstić information content (AvgIpc) is 3.74. The highest BCUT2D eigenvalue weighted by molar-refractivity contribution is 5.93. The standard InChI is InChI=1S/C55H76FNO7/c1-8-19-55(63)21-18-42-39-12-9-33-25-36(58)11-13-38(33)49(39)40(30-53(42,55)5)34-10-16-46(45(56)26-34)57(7)22-23-64-37-17-20-52(4)35(27-37)28-47(59)50-43-15-14-41(31(2)24-32(3)51(61)62)54(43,6)48(60)29-44(50)52/h10,16,25-26,31-32,35,37,39-44,47-48,50,59-60,63H,9,11-15,17-18,20-24,27-30H2,1-7H3,(H,61,62)/t31-,32?,35+,37+,39+,40-,41-,42+,43+,44+,47-,48+,50+,52+,53+,54-,55+/m1/s1. The van der Waals surface area contributed by atoms with E-state index in [1.807, 2.05) is 24.1 Å². The van der Waals surface area contributed by atoms with E-state index in [4.69, 9.17) is 4.74 Å². The molecule has 0 radical (unpaired) electrons. The molecule has 6 fully saturated rings. The van der Waals surface area contributed by atoms with Gasteiger partial charge in [-0.1, -0.05) is 52.2 Å². The van der Waals surface area contributed by atoms with Crippen LogP contribution >= 0.6 is 0 Å². The van der Waals surface area contributed by atoms with Gasteiger partial charge in [-0.2, -0.15) is 0 Å². The molecular formula is C55H76FNO7. The van der Waals surface area contributed by atoms with E-state index in [2.05, 4.69) is 45.6 Å². The van der Waals surface area contributed by atoms with Crippen molar-refractivity contribution < 1.29 is 39.1 Å². The van der Waals surface area contributed by atoms with Crippen LogP contribution in [0.4, 0.5) is 10.1 Å². The smallest absolute Gasteiger partial charge is 0.306 e. The summed E-state index contributed by atoms with van der Waals surface area (Å²) in [5, 5.41) is 45.7. The van der Waals surface area contributed by atoms with Gasteiger partial charge >= 0.3 is 5.97 Å². The third kappa shape index (κ3) is 7.28. The number of carbonyl (C=O) groups excluding carboxylic acids is 1. The first-order valence-electron chi connectivity index (χ1n) is 25.2. The van der Waals surface area contributed by atoms with Crippen LogP contribution in [0.2, 0.25) is 0 Å². The molecule has 0 spiro atoms. The number of aliphatic hydroxyl groups excluding tert-OH is 2. The number of allylic oxidation sites excluding steroid dienone is 4. The molecule has 9 rings (SSSR count). The predicted octanol–water partition coefficient (Wildman–Crippen LogP) is 9.65. The maximum Gasteiger partial charge on any atom is 0.306 e. The van der Waals surface area contributed by atoms with Crippen LogP contribution in [0.5, 0.6) is 0 Å². The Morgan fingerprint density at radius 2 is 1.77 bits per heavy atom. The lowest BCUT2D eigenvalue weighted by atomic mass is 9.43. The quantitative estimate of drug-likeness (QED) is 0.171. The molecular weight excluding hydrogens is 806 g/mol. The lowest BCUT2D eigenvalue weighted by Gasteiger charge is -2.63. The van der Waals surface area contributed by atoms with E-state index in [1.54, 1.807) is 19.9 Å². The van der Waals surface area contributed by atoms with E-state index < -0.39 is 35.1 Å². The SMILES string of the molecule is CC#C[C@]1(O)CC[C@H]2[C@@H]3CCC4=CC(=O)CCC4=C3[C@@H](c3ccc(N(C)CCO[C@H]4CC[C@@]5(C)[C@@H](C4)C[C@@H](O)[C@@H]4[C@@H]5C[C@H](O)[C@]5(C)[C@@H]([C@H](C)CC(C)C(=O)O)CC[C@@H]45)c(F)c3)C[C@@]21C. The highest BCUT2D eigenvalue weighted by atomic mass is 19.1. The molecule has 1 aromatic rings. The number of aliphatic hydroxyl groups is 3. The molecule has 64 heavy (non-hydrogen) atoms. The van der Waals surface area contributed by atoms with Crippen molar-refractivity contribution in [3.63, 3.8) is 0 Å². The number of likely N-dealkylation sites (N-methyl/N-ethyl adjacent to an activating group) is 1. The van der Waals surface area contributed by atoms with Crippen molar-refractivity contribution in [2.45, 2.75) is 168 Å². The number of aliphatic carboxylic acids is 1. The van der Waals surface area contributed by atoms with Crippen LogP contribution in [0.3, 0.4) is 0 Å². The lowest BCUT2D eigenvalue weighted by molar-refractivity contribution is -0.209. The minimum atomic E-state index is -1.08. The van der Waals surface area contributed by atoms with Gasteiger partial charge in [0, 0.05) is 31.3 Å². The van der Waals surface area contributed by atoms with E-state index in [0.717, 1.165) is 75.3 Å². The van der Waals surface area contributed by atoms with Crippen LogP contribution in [-0.4, -0.2) is 76.3 Å². The molecule has 8 aliphatic rings. The van der Waals surface area contributed by atoms with Gasteiger partial charge in [0.05, 0.1) is 36.5 Å². The molecule has 0 amide bonds. The largest absolute Gasteiger partial charge is 0.481 e. The molecule has 17 atom stereocenters. The number of rotatable bonds is 10. The number of ketones is 1. The Kier molecular flexibility index (Phi) is 12.2. The van der Waals surface area contributed by atoms with E-state index in [9.17, 15) is 30.0 Å². The maximum atomic E-state index is 16.5. The van der Waals surface area contributed by atoms with Crippen molar-refractivity contribution in [3.05, 3.63) is 52.4 Å². The van der Waals surface area contributed by atoms with Crippen LogP contribution in [0.25, 0.3) is 0 Å². The summed E-state index contributed by atoms with van der Waals surface area (Å²) in [6.07, 6.45) is 13.1. The van der Waals surface area contributed by atoms with E-state index in [-0.39, 0.29) is 70.0 Å². The zero-order valence-corrected chi connectivity index (χ0v) is 39.7. The first kappa shape index (κ1) is 46.1. The number of carboxylic acid groups (broad SMARTS) is 1. The van der Waals surface area contributed by atoms with Gasteiger partial charge < -0.3 is 30.1 Å². The summed E-state index contributed by atoms with van der Waals surface area (Å²) < 4.78 is 23.1. The fraction of sp³-hybridized carbons (Fsp3) is 0.745. The summed E-state index contributed by atoms with van der Waals surface area (Å²) in [7, 11) is 1.92. The molecule has 350 valence electrons. The summed E-state index contributed by atoms with van der Waals surface area (Å²) in [5.74, 6) is 6.83. The normalized spacial score (nSPS) is 43.3. The van der Waals surface area contributed by atoms with Crippen molar-refractivity contribution in [3.8, 4) is 11.8 Å². The summed E-state index contributed by atoms with van der Waals surface area (Å²) in [5.41, 5.74) is 3.47. The van der Waals surface area contributed by atoms with Crippen LogP contribution in [-0.2, 0) is 14.3 Å². The molecule has 8 nitrogen and oxygen atoms in total. The van der Waals surface area contributed by atoms with Crippen molar-refractivity contribution >= 4 is 17.4 Å². The van der Waals surface area contributed by atoms with Crippen LogP contribution in [0.1, 0.15) is 149 Å². The van der Waals surface area contributed by atoms with Gasteiger partial charge in [-0.3, -0.25) is 9.59 Å². The molecule has 0 heterocycles. The third-order valence-corrected chi connectivity index (χ3v) is 20.4. The number of nitrogens with zero attached hydrogens (tertiary/aromatic N) is 1. The number of ether oxygens (including phenoxy) is 1. The zero-order valence-electron chi connectivity index (χ0n) is 39.7. The van der Waals surface area contributed by atoms with Gasteiger partial charge in [-0.15, -0.1) is 5.92 Å². The van der Waals surface area contributed by atoms with E-state index >= 15 is 4.39 Å². The van der Waals surface area contributed by atoms with Gasteiger partial charge in [0.25, 0.3) is 0 Å². The summed E-state index contributed by atoms with van der Waals surface area (Å²) in [6.45, 7) is 13.6. The maximum absolute atomic E-state index is 16.5. The Morgan fingerprint density at radius 1 is 0.984 bits per heavy atom. The van der Waals surface area contributed by atoms with Crippen molar-refractivity contribution in [1.29, 1.82) is 0 Å². The Morgan fingerprint density at radius 3 is 2.50 bits per heavy atom. The molecule has 0 aromatic heterocycles. The first-order valence-corrected chi connectivity index (χ1v) is 25.2. The van der Waals surface area contributed by atoms with Crippen molar-refractivity contribution in [1.82, 2.24) is 0 Å². The van der Waals surface area contributed by atoms with Gasteiger partial charge in [0.1, 0.15) is 11.4 Å². The minimum Gasteiger partial charge on any atom is -0.481 e. The Hall–Kier alpha value is -3.03. The molecule has 1 unspecified atom stereocenters. The fourth-order valence-electron chi connectivity index (χ4n) is 17.0. The molecule has 0 aliphatic heterocycles. The van der Waals surface area contributed by atoms with Crippen molar-refractivity contribution in [2.24, 2.45) is 69.5 Å². The van der Waals surface area contributed by atoms with E-state index in [0.29, 0.717) is 62.8 Å². The Balaban J connectivity index is 0.855. The number of halogens is 1. The van der Waals surface area contributed by atoms with Gasteiger partial charge in [0.2, 0.25) is 0 Å². The molecule has 8 aliphatic carbocycles. The summed E-state index contributed by atoms with van der Waals surface area (Å²) in [6, 6.07) is 5.72. The molecule has 1 aromatic carbocycles. The third-order valence-electron chi connectivity index (χ3n) is 20.4. The molecule has 6 saturated carbocycles. The Bertz CT molecular complexity index is 2140. The lowest BCUT2D eigenvalue weighted by Crippen LogP contribution is -2.62. The van der Waals surface area contributed by atoms with Crippen LogP contribution in [0, 0.1) is 87.2 Å². The second-order valence-corrected chi connectivity index (χ2v) is 23.2. The van der Waals surface area contributed by atoms with Gasteiger partial charge in [-0.25, -0.2) is 4.39 Å². The molecule has 0 bridgehead atoms. The van der Waals surface area contributed by atoms with Gasteiger partial charge in [-0.05, 0) is 190 Å². The number of carboxylic acids is 1. The molecule has 9 heteroatoms. The molecule has 4 N–H and O–H groups in total. The number of fused-ring (bicyclic) bond motifs is 9. The number of anilines is 1. The number of hydrogen-bond donors (Lipinski definition) is 4. The van der Waals surface area contributed by atoms with Crippen LogP contribution in [0.15, 0.2) is 41.0 Å². The Labute approximate surface area is 381 Å². The second kappa shape index (κ2) is 16.9. The van der Waals surface area contributed by atoms with Crippen LogP contribution < -0.4 is 4.90 Å². The van der Waals surface area contributed by atoms with Crippen molar-refractivity contribution in [2.75, 3.05) is 25.1 Å². The average molecular weight is 882 g/mol. The van der Waals surface area contributed by atoms with E-state index in [1.165, 1.54) is 11.1 Å². The number of hydrogen-bond acceptors (Lipinski definition) is 7. The first-order chi connectivity index (χ1) is 30.3. The second-order valence-electron chi connectivity index (χ2n) is 23.2. The number of carbonyl (C=O) groups is 2.